The van der Waals surface area contributed by atoms with Crippen molar-refractivity contribution in [2.24, 2.45) is 0 Å². The maximum atomic E-state index is 13.5. The molecule has 0 fully saturated rings. The van der Waals surface area contributed by atoms with Gasteiger partial charge in [0.25, 0.3) is 0 Å². The molecule has 3 nitrogen and oxygen atoms in total. The molecule has 1 heterocycles. The second-order valence-corrected chi connectivity index (χ2v) is 4.19. The largest absolute Gasteiger partial charge is 0.439 e. The third-order valence-electron chi connectivity index (χ3n) is 2.08. The molecule has 0 aliphatic rings. The molecule has 5 heteroatoms. The Kier molecular flexibility index (Phi) is 3.36. The molecule has 1 aromatic carbocycles. The summed E-state index contributed by atoms with van der Waals surface area (Å²) in [5.74, 6) is 0.649. The molecule has 0 saturated heterocycles. The van der Waals surface area contributed by atoms with Crippen LogP contribution in [0.4, 0.5) is 4.39 Å². The Hall–Kier alpha value is -1.20. The van der Waals surface area contributed by atoms with E-state index >= 15 is 0 Å². The molecule has 0 bridgehead atoms. The van der Waals surface area contributed by atoms with Crippen LogP contribution in [-0.4, -0.2) is 12.0 Å². The number of aromatic nitrogens is 1. The van der Waals surface area contributed by atoms with Gasteiger partial charge < -0.3 is 9.73 Å². The zero-order valence-corrected chi connectivity index (χ0v) is 10.2. The average molecular weight is 285 g/mol. The molecule has 0 aliphatic heterocycles. The van der Waals surface area contributed by atoms with Crippen LogP contribution in [0.3, 0.4) is 0 Å². The van der Waals surface area contributed by atoms with E-state index in [2.05, 4.69) is 26.2 Å². The molecule has 2 aromatic rings. The summed E-state index contributed by atoms with van der Waals surface area (Å²) in [5, 5.41) is 2.92. The average Bonchev–Trinajstić information content (AvgIpc) is 2.71. The van der Waals surface area contributed by atoms with Gasteiger partial charge >= 0.3 is 0 Å². The first kappa shape index (κ1) is 11.3. The van der Waals surface area contributed by atoms with E-state index in [1.165, 1.54) is 12.3 Å². The second-order valence-electron chi connectivity index (χ2n) is 3.27. The van der Waals surface area contributed by atoms with Crippen molar-refractivity contribution in [3.8, 4) is 11.3 Å². The van der Waals surface area contributed by atoms with Gasteiger partial charge in [0.2, 0.25) is 5.89 Å². The normalized spacial score (nSPS) is 10.7. The quantitative estimate of drug-likeness (QED) is 0.942. The first-order valence-electron chi connectivity index (χ1n) is 4.75. The zero-order valence-electron chi connectivity index (χ0n) is 8.63. The van der Waals surface area contributed by atoms with Crippen molar-refractivity contribution in [2.45, 2.75) is 6.54 Å². The minimum atomic E-state index is -0.324. The van der Waals surface area contributed by atoms with E-state index in [9.17, 15) is 4.39 Å². The summed E-state index contributed by atoms with van der Waals surface area (Å²) in [6.07, 6.45) is 1.53. The summed E-state index contributed by atoms with van der Waals surface area (Å²) in [5.41, 5.74) is 0.407. The van der Waals surface area contributed by atoms with Gasteiger partial charge in [0.1, 0.15) is 5.82 Å². The molecule has 16 heavy (non-hydrogen) atoms. The van der Waals surface area contributed by atoms with Crippen LogP contribution in [0.25, 0.3) is 11.3 Å². The molecule has 0 unspecified atom stereocenters. The number of oxazole rings is 1. The van der Waals surface area contributed by atoms with Crippen LogP contribution in [0.15, 0.2) is 33.3 Å². The van der Waals surface area contributed by atoms with Crippen molar-refractivity contribution in [3.05, 3.63) is 40.6 Å². The van der Waals surface area contributed by atoms with Gasteiger partial charge in [-0.3, -0.25) is 0 Å². The van der Waals surface area contributed by atoms with Crippen molar-refractivity contribution in [3.63, 3.8) is 0 Å². The van der Waals surface area contributed by atoms with Crippen LogP contribution in [0.5, 0.6) is 0 Å². The molecule has 1 N–H and O–H groups in total. The Morgan fingerprint density at radius 2 is 2.31 bits per heavy atom. The highest BCUT2D eigenvalue weighted by atomic mass is 79.9. The number of hydrogen-bond acceptors (Lipinski definition) is 3. The molecular formula is C11H10BrFN2O. The molecule has 0 amide bonds. The van der Waals surface area contributed by atoms with E-state index in [0.29, 0.717) is 23.8 Å². The van der Waals surface area contributed by atoms with Crippen LogP contribution in [-0.2, 0) is 6.54 Å². The minimum absolute atomic E-state index is 0.324. The Labute approximate surface area is 101 Å². The summed E-state index contributed by atoms with van der Waals surface area (Å²) in [4.78, 5) is 4.04. The lowest BCUT2D eigenvalue weighted by Crippen LogP contribution is -2.04. The second kappa shape index (κ2) is 4.76. The maximum absolute atomic E-state index is 13.5. The van der Waals surface area contributed by atoms with Crippen molar-refractivity contribution in [1.82, 2.24) is 10.3 Å². The number of rotatable bonds is 3. The highest BCUT2D eigenvalue weighted by Gasteiger charge is 2.10. The summed E-state index contributed by atoms with van der Waals surface area (Å²) < 4.78 is 19.7. The van der Waals surface area contributed by atoms with Gasteiger partial charge in [-0.15, -0.1) is 0 Å². The van der Waals surface area contributed by atoms with Crippen molar-refractivity contribution in [1.29, 1.82) is 0 Å². The van der Waals surface area contributed by atoms with E-state index in [4.69, 9.17) is 4.42 Å². The first-order chi connectivity index (χ1) is 7.70. The zero-order chi connectivity index (χ0) is 11.5. The van der Waals surface area contributed by atoms with Gasteiger partial charge in [-0.25, -0.2) is 9.37 Å². The number of hydrogen-bond donors (Lipinski definition) is 1. The monoisotopic (exact) mass is 284 g/mol. The fourth-order valence-corrected chi connectivity index (χ4v) is 1.72. The maximum Gasteiger partial charge on any atom is 0.208 e. The fraction of sp³-hybridized carbons (Fsp3) is 0.182. The van der Waals surface area contributed by atoms with E-state index in [0.717, 1.165) is 4.47 Å². The van der Waals surface area contributed by atoms with Gasteiger partial charge in [-0.1, -0.05) is 15.9 Å². The SMILES string of the molecule is CNCc1ncc(-c2cc(Br)ccc2F)o1. The predicted molar refractivity (Wildman–Crippen MR) is 62.4 cm³/mol. The van der Waals surface area contributed by atoms with E-state index in [1.54, 1.807) is 19.2 Å². The van der Waals surface area contributed by atoms with Crippen LogP contribution in [0.1, 0.15) is 5.89 Å². The first-order valence-corrected chi connectivity index (χ1v) is 5.54. The highest BCUT2D eigenvalue weighted by Crippen LogP contribution is 2.26. The summed E-state index contributed by atoms with van der Waals surface area (Å²) >= 11 is 3.29. The van der Waals surface area contributed by atoms with E-state index in [-0.39, 0.29) is 5.82 Å². The van der Waals surface area contributed by atoms with Crippen molar-refractivity contribution >= 4 is 15.9 Å². The lowest BCUT2D eigenvalue weighted by atomic mass is 10.2. The van der Waals surface area contributed by atoms with Gasteiger partial charge in [0.15, 0.2) is 5.76 Å². The Morgan fingerprint density at radius 1 is 1.50 bits per heavy atom. The third kappa shape index (κ3) is 2.31. The molecule has 0 saturated carbocycles. The Morgan fingerprint density at radius 3 is 3.06 bits per heavy atom. The summed E-state index contributed by atoms with van der Waals surface area (Å²) in [7, 11) is 1.80. The third-order valence-corrected chi connectivity index (χ3v) is 2.57. The fourth-order valence-electron chi connectivity index (χ4n) is 1.35. The number of halogens is 2. The minimum Gasteiger partial charge on any atom is -0.439 e. The van der Waals surface area contributed by atoms with Crippen molar-refractivity contribution in [2.75, 3.05) is 7.05 Å². The molecule has 2 rings (SSSR count). The van der Waals surface area contributed by atoms with Gasteiger partial charge in [-0.2, -0.15) is 0 Å². The van der Waals surface area contributed by atoms with E-state index in [1.807, 2.05) is 0 Å². The van der Waals surface area contributed by atoms with Gasteiger partial charge in [0.05, 0.1) is 18.3 Å². The Bertz CT molecular complexity index is 498. The molecule has 1 aromatic heterocycles. The highest BCUT2D eigenvalue weighted by molar-refractivity contribution is 9.10. The van der Waals surface area contributed by atoms with Crippen LogP contribution >= 0.6 is 15.9 Å². The molecule has 0 spiro atoms. The molecular weight excluding hydrogens is 275 g/mol. The van der Waals surface area contributed by atoms with Crippen LogP contribution in [0, 0.1) is 5.82 Å². The van der Waals surface area contributed by atoms with Crippen LogP contribution < -0.4 is 5.32 Å². The Balaban J connectivity index is 2.38. The van der Waals surface area contributed by atoms with Crippen LogP contribution in [0.2, 0.25) is 0 Å². The topological polar surface area (TPSA) is 38.1 Å². The number of nitrogens with zero attached hydrogens (tertiary/aromatic N) is 1. The molecule has 0 atom stereocenters. The standard InChI is InChI=1S/C11H10BrFN2O/c1-14-6-11-15-5-10(16-11)8-4-7(12)2-3-9(8)13/h2-5,14H,6H2,1H3. The summed E-state index contributed by atoms with van der Waals surface area (Å²) in [6.45, 7) is 0.523. The van der Waals surface area contributed by atoms with E-state index < -0.39 is 0 Å². The lowest BCUT2D eigenvalue weighted by molar-refractivity contribution is 0.487. The summed E-state index contributed by atoms with van der Waals surface area (Å²) in [6, 6.07) is 4.70. The molecule has 84 valence electrons. The number of benzene rings is 1. The molecule has 0 radical (unpaired) electrons. The molecule has 0 aliphatic carbocycles. The van der Waals surface area contributed by atoms with Crippen molar-refractivity contribution < 1.29 is 8.81 Å². The number of nitrogens with one attached hydrogen (secondary N) is 1. The lowest BCUT2D eigenvalue weighted by Gasteiger charge is -1.99. The van der Waals surface area contributed by atoms with Gasteiger partial charge in [0, 0.05) is 4.47 Å². The van der Waals surface area contributed by atoms with Gasteiger partial charge in [-0.05, 0) is 25.2 Å². The smallest absolute Gasteiger partial charge is 0.208 e. The predicted octanol–water partition coefficient (Wildman–Crippen LogP) is 2.96.